The van der Waals surface area contributed by atoms with E-state index in [1.807, 2.05) is 24.8 Å². The fraction of sp³-hybridized carbons (Fsp3) is 0.556. The molecule has 2 aromatic rings. The second-order valence-electron chi connectivity index (χ2n) is 7.00. The predicted octanol–water partition coefficient (Wildman–Crippen LogP) is 2.53. The van der Waals surface area contributed by atoms with E-state index in [0.29, 0.717) is 30.5 Å². The average molecular weight is 342 g/mol. The maximum atomic E-state index is 14.6. The highest BCUT2D eigenvalue weighted by Gasteiger charge is 2.30. The Labute approximate surface area is 147 Å². The van der Waals surface area contributed by atoms with E-state index in [4.69, 9.17) is 0 Å². The van der Waals surface area contributed by atoms with Crippen LogP contribution in [0.2, 0.25) is 0 Å². The first-order chi connectivity index (χ1) is 12.0. The number of halogens is 1. The molecule has 0 radical (unpaired) electrons. The first-order valence-electron chi connectivity index (χ1n) is 8.87. The third-order valence-corrected chi connectivity index (χ3v) is 4.79. The molecule has 25 heavy (non-hydrogen) atoms. The van der Waals surface area contributed by atoms with Gasteiger partial charge >= 0.3 is 0 Å². The zero-order valence-electron chi connectivity index (χ0n) is 15.0. The third-order valence-electron chi connectivity index (χ3n) is 4.79. The molecule has 1 saturated carbocycles. The molecule has 3 heterocycles. The first kappa shape index (κ1) is 16.2. The monoisotopic (exact) mass is 342 g/mol. The third kappa shape index (κ3) is 3.27. The SMILES string of the molecule is Cc1cc(C)nc(N2CCN(c3nc(C4CC4)nc(C)c3F)CC2)n1. The topological polar surface area (TPSA) is 58.0 Å². The molecule has 6 nitrogen and oxygen atoms in total. The van der Waals surface area contributed by atoms with Crippen LogP contribution in [0.5, 0.6) is 0 Å². The van der Waals surface area contributed by atoms with E-state index in [0.717, 1.165) is 49.1 Å². The molecule has 2 fully saturated rings. The standard InChI is InChI=1S/C18H23FN6/c1-11-10-12(2)21-18(20-11)25-8-6-24(7-9-25)17-15(19)13(3)22-16(23-17)14-4-5-14/h10,14H,4-9H2,1-3H3. The second kappa shape index (κ2) is 6.20. The van der Waals surface area contributed by atoms with Crippen LogP contribution in [-0.2, 0) is 0 Å². The van der Waals surface area contributed by atoms with Crippen molar-refractivity contribution in [1.29, 1.82) is 0 Å². The summed E-state index contributed by atoms with van der Waals surface area (Å²) in [5.41, 5.74) is 2.39. The summed E-state index contributed by atoms with van der Waals surface area (Å²) in [6.45, 7) is 8.60. The van der Waals surface area contributed by atoms with Gasteiger partial charge in [0, 0.05) is 43.5 Å². The number of anilines is 2. The summed E-state index contributed by atoms with van der Waals surface area (Å²) in [7, 11) is 0. The molecule has 0 amide bonds. The summed E-state index contributed by atoms with van der Waals surface area (Å²) in [6, 6.07) is 1.97. The van der Waals surface area contributed by atoms with E-state index >= 15 is 0 Å². The number of piperazine rings is 1. The van der Waals surface area contributed by atoms with Gasteiger partial charge in [0.05, 0.1) is 5.69 Å². The summed E-state index contributed by atoms with van der Waals surface area (Å²) >= 11 is 0. The summed E-state index contributed by atoms with van der Waals surface area (Å²) in [6.07, 6.45) is 2.23. The van der Waals surface area contributed by atoms with Crippen molar-refractivity contribution in [3.8, 4) is 0 Å². The smallest absolute Gasteiger partial charge is 0.225 e. The molecule has 1 aliphatic heterocycles. The minimum absolute atomic E-state index is 0.291. The summed E-state index contributed by atoms with van der Waals surface area (Å²) < 4.78 is 14.6. The molecule has 2 aromatic heterocycles. The largest absolute Gasteiger partial charge is 0.351 e. The van der Waals surface area contributed by atoms with Crippen molar-refractivity contribution < 1.29 is 4.39 Å². The Balaban J connectivity index is 1.52. The molecule has 0 aromatic carbocycles. The van der Waals surface area contributed by atoms with Crippen molar-refractivity contribution in [1.82, 2.24) is 19.9 Å². The number of rotatable bonds is 3. The fourth-order valence-electron chi connectivity index (χ4n) is 3.27. The van der Waals surface area contributed by atoms with Crippen molar-refractivity contribution in [2.24, 2.45) is 0 Å². The van der Waals surface area contributed by atoms with Crippen molar-refractivity contribution >= 4 is 11.8 Å². The number of aromatic nitrogens is 4. The van der Waals surface area contributed by atoms with Gasteiger partial charge in [0.15, 0.2) is 11.6 Å². The summed E-state index contributed by atoms with van der Waals surface area (Å²) in [5.74, 6) is 2.14. The van der Waals surface area contributed by atoms with E-state index in [9.17, 15) is 4.39 Å². The van der Waals surface area contributed by atoms with Gasteiger partial charge in [0.2, 0.25) is 5.95 Å². The van der Waals surface area contributed by atoms with Gasteiger partial charge in [-0.25, -0.2) is 24.3 Å². The maximum absolute atomic E-state index is 14.6. The number of nitrogens with zero attached hydrogens (tertiary/aromatic N) is 6. The molecule has 0 atom stereocenters. The zero-order chi connectivity index (χ0) is 17.6. The molecule has 1 aliphatic carbocycles. The molecule has 0 unspecified atom stereocenters. The molecule has 2 aliphatic rings. The molecule has 7 heteroatoms. The normalized spacial score (nSPS) is 17.9. The lowest BCUT2D eigenvalue weighted by Crippen LogP contribution is -2.48. The highest BCUT2D eigenvalue weighted by Crippen LogP contribution is 2.39. The molecule has 0 spiro atoms. The Bertz CT molecular complexity index is 776. The molecule has 4 rings (SSSR count). The van der Waals surface area contributed by atoms with Crippen LogP contribution in [0.3, 0.4) is 0 Å². The van der Waals surface area contributed by atoms with E-state index in [1.54, 1.807) is 6.92 Å². The van der Waals surface area contributed by atoms with Crippen LogP contribution in [0.15, 0.2) is 6.07 Å². The molecular formula is C18H23FN6. The second-order valence-corrected chi connectivity index (χ2v) is 7.00. The summed E-state index contributed by atoms with van der Waals surface area (Å²) in [5, 5.41) is 0. The Morgan fingerprint density at radius 2 is 1.48 bits per heavy atom. The van der Waals surface area contributed by atoms with Gasteiger partial charge in [-0.2, -0.15) is 0 Å². The average Bonchev–Trinajstić information content (AvgIpc) is 3.41. The van der Waals surface area contributed by atoms with Crippen molar-refractivity contribution in [3.63, 3.8) is 0 Å². The van der Waals surface area contributed by atoms with Gasteiger partial charge in [-0.05, 0) is 39.7 Å². The lowest BCUT2D eigenvalue weighted by Gasteiger charge is -2.35. The van der Waals surface area contributed by atoms with Crippen LogP contribution in [0.25, 0.3) is 0 Å². The number of aryl methyl sites for hydroxylation is 3. The fourth-order valence-corrected chi connectivity index (χ4v) is 3.27. The molecule has 132 valence electrons. The van der Waals surface area contributed by atoms with Crippen molar-refractivity contribution in [2.45, 2.75) is 39.5 Å². The van der Waals surface area contributed by atoms with Gasteiger partial charge < -0.3 is 9.80 Å². The summed E-state index contributed by atoms with van der Waals surface area (Å²) in [4.78, 5) is 22.1. The van der Waals surface area contributed by atoms with Gasteiger partial charge in [-0.3, -0.25) is 0 Å². The van der Waals surface area contributed by atoms with Crippen LogP contribution >= 0.6 is 0 Å². The van der Waals surface area contributed by atoms with Crippen LogP contribution < -0.4 is 9.80 Å². The molecule has 0 bridgehead atoms. The van der Waals surface area contributed by atoms with Gasteiger partial charge in [-0.1, -0.05) is 0 Å². The maximum Gasteiger partial charge on any atom is 0.225 e. The molecular weight excluding hydrogens is 319 g/mol. The Morgan fingerprint density at radius 3 is 2.08 bits per heavy atom. The Morgan fingerprint density at radius 1 is 0.880 bits per heavy atom. The van der Waals surface area contributed by atoms with E-state index in [1.165, 1.54) is 0 Å². The van der Waals surface area contributed by atoms with Crippen molar-refractivity contribution in [2.75, 3.05) is 36.0 Å². The first-order valence-corrected chi connectivity index (χ1v) is 8.87. The molecule has 0 N–H and O–H groups in total. The van der Waals surface area contributed by atoms with Crippen LogP contribution in [-0.4, -0.2) is 46.1 Å². The van der Waals surface area contributed by atoms with E-state index in [2.05, 4.69) is 24.8 Å². The van der Waals surface area contributed by atoms with Crippen LogP contribution in [0.4, 0.5) is 16.2 Å². The minimum Gasteiger partial charge on any atom is -0.351 e. The van der Waals surface area contributed by atoms with Crippen molar-refractivity contribution in [3.05, 3.63) is 34.8 Å². The highest BCUT2D eigenvalue weighted by atomic mass is 19.1. The zero-order valence-corrected chi connectivity index (χ0v) is 15.0. The highest BCUT2D eigenvalue weighted by molar-refractivity contribution is 5.45. The van der Waals surface area contributed by atoms with Gasteiger partial charge in [0.1, 0.15) is 5.82 Å². The van der Waals surface area contributed by atoms with E-state index < -0.39 is 0 Å². The number of hydrogen-bond donors (Lipinski definition) is 0. The van der Waals surface area contributed by atoms with Gasteiger partial charge in [-0.15, -0.1) is 0 Å². The van der Waals surface area contributed by atoms with Crippen LogP contribution in [0.1, 0.15) is 41.7 Å². The predicted molar refractivity (Wildman–Crippen MR) is 94.6 cm³/mol. The Hall–Kier alpha value is -2.31. The minimum atomic E-state index is -0.291. The van der Waals surface area contributed by atoms with Gasteiger partial charge in [0.25, 0.3) is 0 Å². The lowest BCUT2D eigenvalue weighted by molar-refractivity contribution is 0.566. The Kier molecular flexibility index (Phi) is 4.01. The number of hydrogen-bond acceptors (Lipinski definition) is 6. The van der Waals surface area contributed by atoms with E-state index in [-0.39, 0.29) is 5.82 Å². The van der Waals surface area contributed by atoms with Crippen LogP contribution in [0, 0.1) is 26.6 Å². The lowest BCUT2D eigenvalue weighted by atomic mass is 10.2. The quantitative estimate of drug-likeness (QED) is 0.854. The molecule has 1 saturated heterocycles.